The number of rotatable bonds is 6. The lowest BCUT2D eigenvalue weighted by Gasteiger charge is -2.09. The number of para-hydroxylation sites is 1. The normalized spacial score (nSPS) is 10.6. The van der Waals surface area contributed by atoms with Crippen molar-refractivity contribution in [3.8, 4) is 16.9 Å². The van der Waals surface area contributed by atoms with Gasteiger partial charge in [0.15, 0.2) is 5.82 Å². The van der Waals surface area contributed by atoms with Crippen LogP contribution in [0.5, 0.6) is 0 Å². The maximum Gasteiger partial charge on any atom is 0.319 e. The molecule has 31 heavy (non-hydrogen) atoms. The number of carbonyl (C=O) groups is 1. The molecule has 8 heteroatoms. The van der Waals surface area contributed by atoms with Crippen molar-refractivity contribution >= 4 is 29.1 Å². The molecule has 0 saturated heterocycles. The standard InChI is InChI=1S/C23H21ClN6O/c24-18-11-4-5-12-19(18)30-22(25)21(20(29-30)16-8-2-1-3-9-16)28-23(31)27-15-13-17-10-6-7-14-26-17/h1-12,14H,13,15,25H2,(H2,27,28,31). The Kier molecular flexibility index (Phi) is 6.14. The van der Waals surface area contributed by atoms with Gasteiger partial charge in [0.2, 0.25) is 0 Å². The Labute approximate surface area is 184 Å². The van der Waals surface area contributed by atoms with Crippen molar-refractivity contribution < 1.29 is 4.79 Å². The number of nitrogens with two attached hydrogens (primary N) is 1. The molecule has 0 saturated carbocycles. The maximum atomic E-state index is 12.6. The Balaban J connectivity index is 1.59. The van der Waals surface area contributed by atoms with E-state index < -0.39 is 0 Å². The molecule has 0 bridgehead atoms. The van der Waals surface area contributed by atoms with Crippen molar-refractivity contribution in [1.82, 2.24) is 20.1 Å². The molecule has 0 unspecified atom stereocenters. The molecule has 0 aliphatic heterocycles. The number of hydrogen-bond acceptors (Lipinski definition) is 4. The van der Waals surface area contributed by atoms with Crippen molar-refractivity contribution in [2.45, 2.75) is 6.42 Å². The average Bonchev–Trinajstić information content (AvgIpc) is 3.11. The number of urea groups is 1. The summed E-state index contributed by atoms with van der Waals surface area (Å²) < 4.78 is 1.54. The number of anilines is 2. The minimum absolute atomic E-state index is 0.284. The third-order valence-corrected chi connectivity index (χ3v) is 5.00. The van der Waals surface area contributed by atoms with Gasteiger partial charge in [0.05, 0.1) is 10.7 Å². The van der Waals surface area contributed by atoms with Crippen LogP contribution >= 0.6 is 11.6 Å². The third kappa shape index (κ3) is 4.67. The fourth-order valence-corrected chi connectivity index (χ4v) is 3.38. The number of halogens is 1. The van der Waals surface area contributed by atoms with Gasteiger partial charge in [-0.15, -0.1) is 0 Å². The second kappa shape index (κ2) is 9.32. The molecule has 0 aliphatic rings. The fraction of sp³-hybridized carbons (Fsp3) is 0.0870. The first-order valence-electron chi connectivity index (χ1n) is 9.77. The van der Waals surface area contributed by atoms with Crippen LogP contribution in [0.1, 0.15) is 5.69 Å². The second-order valence-electron chi connectivity index (χ2n) is 6.79. The van der Waals surface area contributed by atoms with Crippen LogP contribution in [0.4, 0.5) is 16.3 Å². The van der Waals surface area contributed by atoms with Gasteiger partial charge in [0.25, 0.3) is 0 Å². The van der Waals surface area contributed by atoms with Crippen LogP contribution in [0.15, 0.2) is 79.0 Å². The third-order valence-electron chi connectivity index (χ3n) is 4.68. The van der Waals surface area contributed by atoms with E-state index in [-0.39, 0.29) is 11.8 Å². The molecular weight excluding hydrogens is 412 g/mol. The van der Waals surface area contributed by atoms with Crippen LogP contribution in [0.2, 0.25) is 5.02 Å². The van der Waals surface area contributed by atoms with Crippen molar-refractivity contribution in [2.24, 2.45) is 0 Å². The number of nitrogens with one attached hydrogen (secondary N) is 2. The molecule has 2 heterocycles. The number of hydrogen-bond donors (Lipinski definition) is 3. The molecule has 4 N–H and O–H groups in total. The van der Waals surface area contributed by atoms with Crippen LogP contribution in [0, 0.1) is 0 Å². The molecule has 0 radical (unpaired) electrons. The Morgan fingerprint density at radius 2 is 1.74 bits per heavy atom. The lowest BCUT2D eigenvalue weighted by atomic mass is 10.1. The summed E-state index contributed by atoms with van der Waals surface area (Å²) >= 11 is 6.35. The number of carbonyl (C=O) groups excluding carboxylic acids is 1. The fourth-order valence-electron chi connectivity index (χ4n) is 3.17. The molecule has 2 aromatic heterocycles. The van der Waals surface area contributed by atoms with Gasteiger partial charge in [-0.2, -0.15) is 5.10 Å². The SMILES string of the molecule is Nc1c(NC(=O)NCCc2ccccn2)c(-c2ccccc2)nn1-c1ccccc1Cl. The summed E-state index contributed by atoms with van der Waals surface area (Å²) in [6.07, 6.45) is 2.35. The topological polar surface area (TPSA) is 97.9 Å². The van der Waals surface area contributed by atoms with Gasteiger partial charge in [0.1, 0.15) is 11.4 Å². The molecular formula is C23H21ClN6O. The highest BCUT2D eigenvalue weighted by Gasteiger charge is 2.21. The minimum atomic E-state index is -0.376. The van der Waals surface area contributed by atoms with E-state index in [1.165, 1.54) is 4.68 Å². The minimum Gasteiger partial charge on any atom is -0.382 e. The highest BCUT2D eigenvalue weighted by molar-refractivity contribution is 6.32. The van der Waals surface area contributed by atoms with Crippen molar-refractivity contribution in [3.05, 3.63) is 89.7 Å². The van der Waals surface area contributed by atoms with E-state index in [2.05, 4.69) is 20.7 Å². The van der Waals surface area contributed by atoms with Crippen LogP contribution in [-0.2, 0) is 6.42 Å². The van der Waals surface area contributed by atoms with Gasteiger partial charge in [-0.1, -0.05) is 60.1 Å². The average molecular weight is 433 g/mol. The molecule has 0 atom stereocenters. The molecule has 4 aromatic rings. The van der Waals surface area contributed by atoms with Crippen molar-refractivity contribution in [3.63, 3.8) is 0 Å². The van der Waals surface area contributed by atoms with E-state index in [0.717, 1.165) is 11.3 Å². The summed E-state index contributed by atoms with van der Waals surface area (Å²) in [6, 6.07) is 22.1. The van der Waals surface area contributed by atoms with E-state index in [1.807, 2.05) is 66.7 Å². The first-order valence-corrected chi connectivity index (χ1v) is 10.1. The molecule has 0 fully saturated rings. The Morgan fingerprint density at radius 1 is 1.00 bits per heavy atom. The van der Waals surface area contributed by atoms with Gasteiger partial charge in [0, 0.05) is 30.4 Å². The summed E-state index contributed by atoms with van der Waals surface area (Å²) in [5, 5.41) is 10.8. The lowest BCUT2D eigenvalue weighted by molar-refractivity contribution is 0.252. The van der Waals surface area contributed by atoms with Crippen LogP contribution in [-0.4, -0.2) is 27.3 Å². The molecule has 2 amide bonds. The van der Waals surface area contributed by atoms with E-state index in [0.29, 0.717) is 35.1 Å². The van der Waals surface area contributed by atoms with Crippen LogP contribution < -0.4 is 16.4 Å². The summed E-state index contributed by atoms with van der Waals surface area (Å²) in [4.78, 5) is 16.8. The zero-order valence-corrected chi connectivity index (χ0v) is 17.4. The number of amides is 2. The van der Waals surface area contributed by atoms with E-state index in [1.54, 1.807) is 12.3 Å². The molecule has 4 rings (SSSR count). The van der Waals surface area contributed by atoms with Crippen molar-refractivity contribution in [2.75, 3.05) is 17.6 Å². The van der Waals surface area contributed by atoms with Crippen molar-refractivity contribution in [1.29, 1.82) is 0 Å². The predicted molar refractivity (Wildman–Crippen MR) is 123 cm³/mol. The molecule has 2 aromatic carbocycles. The summed E-state index contributed by atoms with van der Waals surface area (Å²) in [7, 11) is 0. The number of aromatic nitrogens is 3. The first kappa shape index (κ1) is 20.4. The predicted octanol–water partition coefficient (Wildman–Crippen LogP) is 4.53. The Hall–Kier alpha value is -3.84. The summed E-state index contributed by atoms with van der Waals surface area (Å²) in [5.41, 5.74) is 9.72. The summed E-state index contributed by atoms with van der Waals surface area (Å²) in [5.74, 6) is 0.284. The Bertz CT molecular complexity index is 1180. The second-order valence-corrected chi connectivity index (χ2v) is 7.20. The number of pyridine rings is 1. The largest absolute Gasteiger partial charge is 0.382 e. The summed E-state index contributed by atoms with van der Waals surface area (Å²) in [6.45, 7) is 0.433. The van der Waals surface area contributed by atoms with Crippen LogP contribution in [0.3, 0.4) is 0 Å². The Morgan fingerprint density at radius 3 is 2.48 bits per heavy atom. The highest BCUT2D eigenvalue weighted by atomic mass is 35.5. The number of nitrogens with zero attached hydrogens (tertiary/aromatic N) is 3. The van der Waals surface area contributed by atoms with Gasteiger partial charge in [-0.05, 0) is 24.3 Å². The first-order chi connectivity index (χ1) is 15.1. The van der Waals surface area contributed by atoms with Gasteiger partial charge in [-0.3, -0.25) is 4.98 Å². The molecule has 156 valence electrons. The smallest absolute Gasteiger partial charge is 0.319 e. The van der Waals surface area contributed by atoms with Gasteiger partial charge in [-0.25, -0.2) is 9.48 Å². The maximum absolute atomic E-state index is 12.6. The van der Waals surface area contributed by atoms with E-state index in [4.69, 9.17) is 17.3 Å². The number of benzene rings is 2. The molecule has 0 aliphatic carbocycles. The van der Waals surface area contributed by atoms with E-state index >= 15 is 0 Å². The number of nitrogen functional groups attached to an aromatic ring is 1. The monoisotopic (exact) mass is 432 g/mol. The zero-order valence-electron chi connectivity index (χ0n) is 16.6. The van der Waals surface area contributed by atoms with Gasteiger partial charge >= 0.3 is 6.03 Å². The zero-order chi connectivity index (χ0) is 21.6. The van der Waals surface area contributed by atoms with E-state index in [9.17, 15) is 4.79 Å². The molecule has 7 nitrogen and oxygen atoms in total. The van der Waals surface area contributed by atoms with Gasteiger partial charge < -0.3 is 16.4 Å². The quantitative estimate of drug-likeness (QED) is 0.416. The highest BCUT2D eigenvalue weighted by Crippen LogP contribution is 2.35. The molecule has 0 spiro atoms. The van der Waals surface area contributed by atoms with Crippen LogP contribution in [0.25, 0.3) is 16.9 Å². The lowest BCUT2D eigenvalue weighted by Crippen LogP contribution is -2.31.